The fraction of sp³-hybridized carbons (Fsp3) is 0.278. The number of rotatable bonds is 4. The number of benzene rings is 2. The van der Waals surface area contributed by atoms with Crippen LogP contribution in [0.5, 0.6) is 0 Å². The molecule has 2 aromatic carbocycles. The number of nitrogens with one attached hydrogen (secondary N) is 1. The van der Waals surface area contributed by atoms with Crippen LogP contribution < -0.4 is 5.32 Å². The number of nitrogens with zero attached hydrogens (tertiary/aromatic N) is 3. The topological polar surface area (TPSA) is 92.3 Å². The summed E-state index contributed by atoms with van der Waals surface area (Å²) in [5, 5.41) is 13.4. The van der Waals surface area contributed by atoms with Gasteiger partial charge in [0.2, 0.25) is 21.1 Å². The van der Waals surface area contributed by atoms with Gasteiger partial charge in [0.25, 0.3) is 0 Å². The zero-order chi connectivity index (χ0) is 19.0. The highest BCUT2D eigenvalue weighted by molar-refractivity contribution is 7.89. The summed E-state index contributed by atoms with van der Waals surface area (Å²) in [4.78, 5) is 12.8. The van der Waals surface area contributed by atoms with Crippen LogP contribution in [0.25, 0.3) is 10.8 Å². The molecule has 2 heterocycles. The van der Waals surface area contributed by atoms with Crippen LogP contribution in [0.15, 0.2) is 47.4 Å². The van der Waals surface area contributed by atoms with E-state index < -0.39 is 16.1 Å². The lowest BCUT2D eigenvalue weighted by molar-refractivity contribution is -0.119. The molecule has 1 N–H and O–H groups in total. The number of aromatic nitrogens is 2. The number of carbonyl (C=O) groups excluding carboxylic acids is 1. The number of carbonyl (C=O) groups is 1. The lowest BCUT2D eigenvalue weighted by atomic mass is 10.1. The zero-order valence-electron chi connectivity index (χ0n) is 14.6. The molecule has 0 unspecified atom stereocenters. The lowest BCUT2D eigenvalue weighted by Crippen LogP contribution is -2.43. The van der Waals surface area contributed by atoms with E-state index in [2.05, 4.69) is 15.5 Å². The van der Waals surface area contributed by atoms with Crippen molar-refractivity contribution in [3.05, 3.63) is 47.5 Å². The summed E-state index contributed by atoms with van der Waals surface area (Å²) in [6.07, 6.45) is 1.12. The summed E-state index contributed by atoms with van der Waals surface area (Å²) in [6.45, 7) is 2.11. The SMILES string of the molecule is Cc1nnc(NC(=O)[C@@H]2CCCN2S(=O)(=O)c2ccc3ccccc3c2)s1. The molecule has 1 aliphatic heterocycles. The maximum absolute atomic E-state index is 13.2. The molecule has 0 radical (unpaired) electrons. The van der Waals surface area contributed by atoms with Crippen LogP contribution in [-0.4, -0.2) is 41.4 Å². The first kappa shape index (κ1) is 18.0. The van der Waals surface area contributed by atoms with Gasteiger partial charge < -0.3 is 0 Å². The first-order chi connectivity index (χ1) is 12.9. The summed E-state index contributed by atoms with van der Waals surface area (Å²) in [7, 11) is -3.77. The molecule has 7 nitrogen and oxygen atoms in total. The quantitative estimate of drug-likeness (QED) is 0.724. The first-order valence-corrected chi connectivity index (χ1v) is 10.8. The molecule has 0 aliphatic carbocycles. The molecule has 0 bridgehead atoms. The maximum atomic E-state index is 13.2. The van der Waals surface area contributed by atoms with Crippen LogP contribution in [-0.2, 0) is 14.8 Å². The van der Waals surface area contributed by atoms with Crippen molar-refractivity contribution in [3.8, 4) is 0 Å². The van der Waals surface area contributed by atoms with Crippen molar-refractivity contribution < 1.29 is 13.2 Å². The van der Waals surface area contributed by atoms with Crippen molar-refractivity contribution >= 4 is 43.2 Å². The third-order valence-electron chi connectivity index (χ3n) is 4.59. The molecule has 1 fully saturated rings. The second-order valence-corrected chi connectivity index (χ2v) is 9.47. The van der Waals surface area contributed by atoms with E-state index in [4.69, 9.17) is 0 Å². The summed E-state index contributed by atoms with van der Waals surface area (Å²) in [5.74, 6) is -0.368. The van der Waals surface area contributed by atoms with Crippen LogP contribution in [0.4, 0.5) is 5.13 Å². The Morgan fingerprint density at radius 3 is 2.70 bits per heavy atom. The Hall–Kier alpha value is -2.36. The Morgan fingerprint density at radius 1 is 1.19 bits per heavy atom. The van der Waals surface area contributed by atoms with Gasteiger partial charge in [0.1, 0.15) is 11.0 Å². The third-order valence-corrected chi connectivity index (χ3v) is 7.25. The Bertz CT molecular complexity index is 1110. The minimum absolute atomic E-state index is 0.202. The number of hydrogen-bond donors (Lipinski definition) is 1. The van der Waals surface area contributed by atoms with E-state index in [1.807, 2.05) is 24.3 Å². The lowest BCUT2D eigenvalue weighted by Gasteiger charge is -2.23. The van der Waals surface area contributed by atoms with Gasteiger partial charge in [-0.05, 0) is 42.7 Å². The predicted octanol–water partition coefficient (Wildman–Crippen LogP) is 2.79. The van der Waals surface area contributed by atoms with Crippen molar-refractivity contribution in [1.82, 2.24) is 14.5 Å². The number of sulfonamides is 1. The van der Waals surface area contributed by atoms with E-state index >= 15 is 0 Å². The summed E-state index contributed by atoms with van der Waals surface area (Å²) in [5.41, 5.74) is 0. The zero-order valence-corrected chi connectivity index (χ0v) is 16.3. The third kappa shape index (κ3) is 3.45. The smallest absolute Gasteiger partial charge is 0.244 e. The van der Waals surface area contributed by atoms with Crippen molar-refractivity contribution in [2.75, 3.05) is 11.9 Å². The highest BCUT2D eigenvalue weighted by Gasteiger charge is 2.39. The number of amides is 1. The van der Waals surface area contributed by atoms with Gasteiger partial charge in [0.15, 0.2) is 0 Å². The Morgan fingerprint density at radius 2 is 1.96 bits per heavy atom. The van der Waals surface area contributed by atoms with Gasteiger partial charge in [-0.3, -0.25) is 10.1 Å². The van der Waals surface area contributed by atoms with E-state index in [0.29, 0.717) is 24.5 Å². The van der Waals surface area contributed by atoms with Crippen LogP contribution in [0.1, 0.15) is 17.8 Å². The van der Waals surface area contributed by atoms with E-state index in [-0.39, 0.29) is 10.8 Å². The summed E-state index contributed by atoms with van der Waals surface area (Å²) >= 11 is 1.26. The molecule has 1 amide bonds. The van der Waals surface area contributed by atoms with Crippen LogP contribution in [0.3, 0.4) is 0 Å². The minimum atomic E-state index is -3.77. The number of anilines is 1. The molecule has 4 rings (SSSR count). The highest BCUT2D eigenvalue weighted by atomic mass is 32.2. The van der Waals surface area contributed by atoms with Gasteiger partial charge in [-0.2, -0.15) is 4.31 Å². The van der Waals surface area contributed by atoms with E-state index in [1.165, 1.54) is 15.6 Å². The molecule has 0 saturated carbocycles. The van der Waals surface area contributed by atoms with E-state index in [1.54, 1.807) is 25.1 Å². The Labute approximate surface area is 161 Å². The first-order valence-electron chi connectivity index (χ1n) is 8.57. The van der Waals surface area contributed by atoms with Crippen molar-refractivity contribution in [2.45, 2.75) is 30.7 Å². The highest BCUT2D eigenvalue weighted by Crippen LogP contribution is 2.29. The van der Waals surface area contributed by atoms with E-state index in [9.17, 15) is 13.2 Å². The van der Waals surface area contributed by atoms with Crippen LogP contribution >= 0.6 is 11.3 Å². The average Bonchev–Trinajstić information content (AvgIpc) is 3.31. The molecule has 1 atom stereocenters. The van der Waals surface area contributed by atoms with Crippen LogP contribution in [0, 0.1) is 6.92 Å². The normalized spacial score (nSPS) is 18.0. The van der Waals surface area contributed by atoms with Crippen molar-refractivity contribution in [3.63, 3.8) is 0 Å². The van der Waals surface area contributed by atoms with Gasteiger partial charge in [-0.25, -0.2) is 8.42 Å². The molecule has 1 saturated heterocycles. The Balaban J connectivity index is 1.62. The van der Waals surface area contributed by atoms with Gasteiger partial charge in [-0.15, -0.1) is 10.2 Å². The number of aryl methyl sites for hydroxylation is 1. The molecular formula is C18H18N4O3S2. The minimum Gasteiger partial charge on any atom is -0.299 e. The van der Waals surface area contributed by atoms with Gasteiger partial charge in [-0.1, -0.05) is 41.7 Å². The van der Waals surface area contributed by atoms with Gasteiger partial charge in [0.05, 0.1) is 4.90 Å². The largest absolute Gasteiger partial charge is 0.299 e. The predicted molar refractivity (Wildman–Crippen MR) is 104 cm³/mol. The molecule has 0 spiro atoms. The molecule has 9 heteroatoms. The van der Waals surface area contributed by atoms with Gasteiger partial charge in [0, 0.05) is 6.54 Å². The van der Waals surface area contributed by atoms with Gasteiger partial charge >= 0.3 is 0 Å². The van der Waals surface area contributed by atoms with Crippen LogP contribution in [0.2, 0.25) is 0 Å². The standard InChI is InChI=1S/C18H18N4O3S2/c1-12-20-21-18(26-12)19-17(23)16-7-4-10-22(16)27(24,25)15-9-8-13-5-2-3-6-14(13)11-15/h2-3,5-6,8-9,11,16H,4,7,10H2,1H3,(H,19,21,23)/t16-/m0/s1. The molecule has 1 aromatic heterocycles. The van der Waals surface area contributed by atoms with Crippen molar-refractivity contribution in [1.29, 1.82) is 0 Å². The van der Waals surface area contributed by atoms with Crippen molar-refractivity contribution in [2.24, 2.45) is 0 Å². The second-order valence-electron chi connectivity index (χ2n) is 6.40. The molecule has 27 heavy (non-hydrogen) atoms. The average molecular weight is 403 g/mol. The molecule has 140 valence electrons. The molecular weight excluding hydrogens is 384 g/mol. The summed E-state index contributed by atoms with van der Waals surface area (Å²) in [6, 6.07) is 11.9. The number of fused-ring (bicyclic) bond motifs is 1. The monoisotopic (exact) mass is 402 g/mol. The fourth-order valence-electron chi connectivity index (χ4n) is 3.29. The molecule has 1 aliphatic rings. The molecule has 3 aromatic rings. The second kappa shape index (κ2) is 6.99. The maximum Gasteiger partial charge on any atom is 0.244 e. The Kier molecular flexibility index (Phi) is 4.67. The summed E-state index contributed by atoms with van der Waals surface area (Å²) < 4.78 is 27.6. The fourth-order valence-corrected chi connectivity index (χ4v) is 5.58. The van der Waals surface area contributed by atoms with E-state index in [0.717, 1.165) is 15.8 Å². The number of hydrogen-bond acceptors (Lipinski definition) is 6.